The zero-order valence-corrected chi connectivity index (χ0v) is 12.1. The fraction of sp³-hybridized carbons (Fsp3) is 0.429. The molecule has 0 bridgehead atoms. The molecule has 1 fully saturated rings. The fourth-order valence-corrected chi connectivity index (χ4v) is 2.90. The molecule has 0 saturated heterocycles. The van der Waals surface area contributed by atoms with E-state index in [0.29, 0.717) is 12.1 Å². The Morgan fingerprint density at radius 2 is 2.11 bits per heavy atom. The molecule has 2 rings (SSSR count). The Morgan fingerprint density at radius 3 is 2.68 bits per heavy atom. The smallest absolute Gasteiger partial charge is 0.257 e. The number of hydrogen-bond acceptors (Lipinski definition) is 2. The molecule has 1 aliphatic rings. The topological polar surface area (TPSA) is 33.2 Å². The molecule has 102 valence electrons. The predicted octanol–water partition coefficient (Wildman–Crippen LogP) is 3.96. The Bertz CT molecular complexity index is 484. The van der Waals surface area contributed by atoms with Crippen LogP contribution in [0.4, 0.5) is 0 Å². The molecule has 0 aromatic carbocycles. The summed E-state index contributed by atoms with van der Waals surface area (Å²) in [5.74, 6) is -0.0963. The lowest BCUT2D eigenvalue weighted by Crippen LogP contribution is -2.39. The number of halogens is 2. The first kappa shape index (κ1) is 14.4. The van der Waals surface area contributed by atoms with Crippen LogP contribution in [-0.2, 0) is 0 Å². The maximum absolute atomic E-state index is 12.6. The SMILES string of the molecule is C=CCN(C(=O)c1ccc(Cl)nc1Cl)C1CCCC1. The normalized spacial score (nSPS) is 15.5. The van der Waals surface area contributed by atoms with Crippen molar-refractivity contribution in [3.63, 3.8) is 0 Å². The van der Waals surface area contributed by atoms with Gasteiger partial charge in [-0.25, -0.2) is 4.98 Å². The molecule has 0 unspecified atom stereocenters. The molecule has 5 heteroatoms. The third kappa shape index (κ3) is 3.28. The van der Waals surface area contributed by atoms with Gasteiger partial charge in [-0.05, 0) is 25.0 Å². The zero-order chi connectivity index (χ0) is 13.8. The van der Waals surface area contributed by atoms with Crippen LogP contribution in [0.5, 0.6) is 0 Å². The number of rotatable bonds is 4. The summed E-state index contributed by atoms with van der Waals surface area (Å²) in [5.41, 5.74) is 0.403. The van der Waals surface area contributed by atoms with Gasteiger partial charge in [-0.3, -0.25) is 4.79 Å². The number of pyridine rings is 1. The average Bonchev–Trinajstić information content (AvgIpc) is 2.89. The second-order valence-electron chi connectivity index (χ2n) is 4.66. The quantitative estimate of drug-likeness (QED) is 0.623. The third-order valence-electron chi connectivity index (χ3n) is 3.40. The second kappa shape index (κ2) is 6.40. The van der Waals surface area contributed by atoms with Crippen LogP contribution < -0.4 is 0 Å². The van der Waals surface area contributed by atoms with Gasteiger partial charge in [0.1, 0.15) is 10.3 Å². The molecule has 19 heavy (non-hydrogen) atoms. The van der Waals surface area contributed by atoms with Crippen molar-refractivity contribution in [3.05, 3.63) is 40.7 Å². The van der Waals surface area contributed by atoms with E-state index in [9.17, 15) is 4.79 Å². The van der Waals surface area contributed by atoms with E-state index in [1.165, 1.54) is 0 Å². The van der Waals surface area contributed by atoms with Gasteiger partial charge < -0.3 is 4.90 Å². The standard InChI is InChI=1S/C14H16Cl2N2O/c1-2-9-18(10-5-3-4-6-10)14(19)11-7-8-12(15)17-13(11)16/h2,7-8,10H,1,3-6,9H2. The van der Waals surface area contributed by atoms with Gasteiger partial charge in [-0.2, -0.15) is 0 Å². The highest BCUT2D eigenvalue weighted by atomic mass is 35.5. The van der Waals surface area contributed by atoms with E-state index >= 15 is 0 Å². The van der Waals surface area contributed by atoms with Crippen molar-refractivity contribution in [3.8, 4) is 0 Å². The van der Waals surface area contributed by atoms with Gasteiger partial charge in [-0.1, -0.05) is 42.1 Å². The van der Waals surface area contributed by atoms with Gasteiger partial charge in [0.15, 0.2) is 0 Å². The first-order chi connectivity index (χ1) is 9.13. The predicted molar refractivity (Wildman–Crippen MR) is 77.7 cm³/mol. The summed E-state index contributed by atoms with van der Waals surface area (Å²) >= 11 is 11.8. The lowest BCUT2D eigenvalue weighted by Gasteiger charge is -2.28. The van der Waals surface area contributed by atoms with Crippen molar-refractivity contribution in [2.45, 2.75) is 31.7 Å². The second-order valence-corrected chi connectivity index (χ2v) is 5.40. The molecule has 0 atom stereocenters. The van der Waals surface area contributed by atoms with Crippen LogP contribution in [0.1, 0.15) is 36.0 Å². The van der Waals surface area contributed by atoms with Crippen molar-refractivity contribution >= 4 is 29.1 Å². The van der Waals surface area contributed by atoms with Crippen LogP contribution in [0.15, 0.2) is 24.8 Å². The lowest BCUT2D eigenvalue weighted by molar-refractivity contribution is 0.0706. The third-order valence-corrected chi connectivity index (χ3v) is 3.90. The summed E-state index contributed by atoms with van der Waals surface area (Å²) < 4.78 is 0. The maximum atomic E-state index is 12.6. The van der Waals surface area contributed by atoms with Gasteiger partial charge in [-0.15, -0.1) is 6.58 Å². The van der Waals surface area contributed by atoms with Crippen molar-refractivity contribution < 1.29 is 4.79 Å². The van der Waals surface area contributed by atoms with Gasteiger partial charge in [0.2, 0.25) is 0 Å². The first-order valence-corrected chi connectivity index (χ1v) is 7.13. The molecule has 0 aliphatic heterocycles. The summed E-state index contributed by atoms with van der Waals surface area (Å²) in [4.78, 5) is 18.3. The number of nitrogens with zero attached hydrogens (tertiary/aromatic N) is 2. The van der Waals surface area contributed by atoms with E-state index < -0.39 is 0 Å². The summed E-state index contributed by atoms with van der Waals surface area (Å²) in [5, 5.41) is 0.447. The van der Waals surface area contributed by atoms with Crippen molar-refractivity contribution in [2.75, 3.05) is 6.54 Å². The molecular formula is C14H16Cl2N2O. The minimum atomic E-state index is -0.0963. The minimum Gasteiger partial charge on any atom is -0.332 e. The first-order valence-electron chi connectivity index (χ1n) is 6.37. The Morgan fingerprint density at radius 1 is 1.42 bits per heavy atom. The number of carbonyl (C=O) groups is 1. The van der Waals surface area contributed by atoms with Crippen molar-refractivity contribution in [1.29, 1.82) is 0 Å². The zero-order valence-electron chi connectivity index (χ0n) is 10.6. The highest BCUT2D eigenvalue weighted by molar-refractivity contribution is 6.34. The highest BCUT2D eigenvalue weighted by Crippen LogP contribution is 2.26. The monoisotopic (exact) mass is 298 g/mol. The summed E-state index contributed by atoms with van der Waals surface area (Å²) in [6.45, 7) is 4.25. The van der Waals surface area contributed by atoms with Crippen LogP contribution in [-0.4, -0.2) is 28.4 Å². The van der Waals surface area contributed by atoms with Crippen molar-refractivity contribution in [1.82, 2.24) is 9.88 Å². The van der Waals surface area contributed by atoms with Crippen molar-refractivity contribution in [2.24, 2.45) is 0 Å². The number of amides is 1. The molecule has 1 heterocycles. The molecule has 3 nitrogen and oxygen atoms in total. The Labute approximate surface area is 123 Å². The Kier molecular flexibility index (Phi) is 4.83. The average molecular weight is 299 g/mol. The molecule has 0 N–H and O–H groups in total. The largest absolute Gasteiger partial charge is 0.332 e. The van der Waals surface area contributed by atoms with E-state index in [2.05, 4.69) is 11.6 Å². The molecule has 1 amide bonds. The summed E-state index contributed by atoms with van der Waals surface area (Å²) in [7, 11) is 0. The molecule has 1 aliphatic carbocycles. The minimum absolute atomic E-state index is 0.0963. The highest BCUT2D eigenvalue weighted by Gasteiger charge is 2.27. The summed E-state index contributed by atoms with van der Waals surface area (Å²) in [6.07, 6.45) is 6.15. The Hall–Kier alpha value is -1.06. The van der Waals surface area contributed by atoms with Gasteiger partial charge in [0.05, 0.1) is 5.56 Å². The molecule has 1 saturated carbocycles. The van der Waals surface area contributed by atoms with E-state index in [4.69, 9.17) is 23.2 Å². The van der Waals surface area contributed by atoms with Crippen LogP contribution >= 0.6 is 23.2 Å². The van der Waals surface area contributed by atoms with E-state index in [1.807, 2.05) is 4.90 Å². The fourth-order valence-electron chi connectivity index (χ4n) is 2.48. The van der Waals surface area contributed by atoms with Crippen LogP contribution in [0.25, 0.3) is 0 Å². The number of carbonyl (C=O) groups excluding carboxylic acids is 1. The number of hydrogen-bond donors (Lipinski definition) is 0. The van der Waals surface area contributed by atoms with E-state index in [0.717, 1.165) is 25.7 Å². The van der Waals surface area contributed by atoms with Crippen LogP contribution in [0.2, 0.25) is 10.3 Å². The van der Waals surface area contributed by atoms with E-state index in [-0.39, 0.29) is 22.3 Å². The van der Waals surface area contributed by atoms with E-state index in [1.54, 1.807) is 18.2 Å². The molecule has 1 aromatic heterocycles. The van der Waals surface area contributed by atoms with Gasteiger partial charge >= 0.3 is 0 Å². The molecule has 0 spiro atoms. The van der Waals surface area contributed by atoms with Gasteiger partial charge in [0.25, 0.3) is 5.91 Å². The van der Waals surface area contributed by atoms with Gasteiger partial charge in [0, 0.05) is 12.6 Å². The van der Waals surface area contributed by atoms with Crippen LogP contribution in [0.3, 0.4) is 0 Å². The lowest BCUT2D eigenvalue weighted by atomic mass is 10.1. The van der Waals surface area contributed by atoms with Crippen LogP contribution in [0, 0.1) is 0 Å². The Balaban J connectivity index is 2.25. The summed E-state index contributed by atoms with van der Waals surface area (Å²) in [6, 6.07) is 3.49. The molecule has 1 aromatic rings. The number of aromatic nitrogens is 1. The maximum Gasteiger partial charge on any atom is 0.257 e. The molecule has 0 radical (unpaired) electrons. The molecular weight excluding hydrogens is 283 g/mol.